The number of anilines is 1. The zero-order chi connectivity index (χ0) is 14.4. The van der Waals surface area contributed by atoms with Gasteiger partial charge in [0.05, 0.1) is 30.0 Å². The van der Waals surface area contributed by atoms with Crippen LogP contribution in [0.3, 0.4) is 0 Å². The summed E-state index contributed by atoms with van der Waals surface area (Å²) in [4.78, 5) is 13.1. The Hall–Kier alpha value is -2.22. The minimum atomic E-state index is -0.0437. The monoisotopic (exact) mass is 261 g/mol. The van der Waals surface area contributed by atoms with Crippen LogP contribution in [0.15, 0.2) is 18.2 Å². The first-order valence-electron chi connectivity index (χ1n) is 6.09. The van der Waals surface area contributed by atoms with Crippen LogP contribution in [-0.2, 0) is 4.79 Å². The molecule has 1 N–H and O–H groups in total. The van der Waals surface area contributed by atoms with Crippen LogP contribution in [0.5, 0.6) is 5.75 Å². The van der Waals surface area contributed by atoms with E-state index in [9.17, 15) is 4.79 Å². The van der Waals surface area contributed by atoms with Crippen LogP contribution in [0.4, 0.5) is 5.69 Å². The summed E-state index contributed by atoms with van der Waals surface area (Å²) in [6.45, 7) is 4.01. The molecule has 1 aromatic carbocycles. The molecule has 0 aliphatic heterocycles. The SMILES string of the molecule is CC(C)Oc1ccc(C#N)cc1NCC(=O)N(C)C. The second-order valence-corrected chi connectivity index (χ2v) is 4.63. The minimum absolute atomic E-state index is 0.0260. The average molecular weight is 261 g/mol. The number of nitrogens with zero attached hydrogens (tertiary/aromatic N) is 2. The maximum Gasteiger partial charge on any atom is 0.241 e. The summed E-state index contributed by atoms with van der Waals surface area (Å²) < 4.78 is 5.64. The lowest BCUT2D eigenvalue weighted by atomic mass is 10.2. The number of hydrogen-bond acceptors (Lipinski definition) is 4. The summed E-state index contributed by atoms with van der Waals surface area (Å²) in [6.07, 6.45) is 0.0260. The Morgan fingerprint density at radius 3 is 2.68 bits per heavy atom. The summed E-state index contributed by atoms with van der Waals surface area (Å²) in [5.74, 6) is 0.596. The number of nitriles is 1. The second kappa shape index (κ2) is 6.64. The van der Waals surface area contributed by atoms with Gasteiger partial charge >= 0.3 is 0 Å². The average Bonchev–Trinajstić information content (AvgIpc) is 2.36. The summed E-state index contributed by atoms with van der Waals surface area (Å²) in [5.41, 5.74) is 1.18. The van der Waals surface area contributed by atoms with E-state index >= 15 is 0 Å². The molecule has 0 fully saturated rings. The lowest BCUT2D eigenvalue weighted by molar-refractivity contribution is -0.126. The van der Waals surface area contributed by atoms with Crippen LogP contribution in [0.25, 0.3) is 0 Å². The third kappa shape index (κ3) is 4.51. The minimum Gasteiger partial charge on any atom is -0.489 e. The van der Waals surface area contributed by atoms with Gasteiger partial charge in [0, 0.05) is 14.1 Å². The molecule has 0 aliphatic rings. The standard InChI is InChI=1S/C14H19N3O2/c1-10(2)19-13-6-5-11(8-15)7-12(13)16-9-14(18)17(3)4/h5-7,10,16H,9H2,1-4H3. The highest BCUT2D eigenvalue weighted by Gasteiger charge is 2.09. The van der Waals surface area contributed by atoms with Crippen LogP contribution >= 0.6 is 0 Å². The van der Waals surface area contributed by atoms with Crippen molar-refractivity contribution >= 4 is 11.6 Å². The number of rotatable bonds is 5. The van der Waals surface area contributed by atoms with Crippen molar-refractivity contribution in [3.05, 3.63) is 23.8 Å². The van der Waals surface area contributed by atoms with Crippen LogP contribution < -0.4 is 10.1 Å². The molecule has 0 radical (unpaired) electrons. The van der Waals surface area contributed by atoms with Crippen LogP contribution in [0.1, 0.15) is 19.4 Å². The van der Waals surface area contributed by atoms with E-state index in [1.54, 1.807) is 32.3 Å². The molecule has 5 nitrogen and oxygen atoms in total. The van der Waals surface area contributed by atoms with Gasteiger partial charge in [-0.1, -0.05) is 0 Å². The van der Waals surface area contributed by atoms with Crippen molar-refractivity contribution in [1.82, 2.24) is 4.90 Å². The maximum absolute atomic E-state index is 11.6. The summed E-state index contributed by atoms with van der Waals surface area (Å²) in [7, 11) is 3.39. The highest BCUT2D eigenvalue weighted by molar-refractivity contribution is 5.81. The number of ether oxygens (including phenoxy) is 1. The third-order valence-electron chi connectivity index (χ3n) is 2.40. The molecule has 0 heterocycles. The molecule has 102 valence electrons. The first-order chi connectivity index (χ1) is 8.93. The molecule has 0 unspecified atom stereocenters. The predicted molar refractivity (Wildman–Crippen MR) is 74.1 cm³/mol. The van der Waals surface area contributed by atoms with Gasteiger partial charge in [0.1, 0.15) is 5.75 Å². The van der Waals surface area contributed by atoms with Gasteiger partial charge in [-0.15, -0.1) is 0 Å². The molecule has 0 bridgehead atoms. The fourth-order valence-corrected chi connectivity index (χ4v) is 1.42. The summed E-state index contributed by atoms with van der Waals surface area (Å²) in [5, 5.41) is 11.9. The topological polar surface area (TPSA) is 65.4 Å². The lowest BCUT2D eigenvalue weighted by Gasteiger charge is -2.17. The lowest BCUT2D eigenvalue weighted by Crippen LogP contribution is -2.28. The quantitative estimate of drug-likeness (QED) is 0.878. The Morgan fingerprint density at radius 1 is 1.47 bits per heavy atom. The molecule has 0 aromatic heterocycles. The number of nitrogens with one attached hydrogen (secondary N) is 1. The Labute approximate surface area is 113 Å². The fraction of sp³-hybridized carbons (Fsp3) is 0.429. The first-order valence-corrected chi connectivity index (χ1v) is 6.09. The van der Waals surface area contributed by atoms with E-state index in [4.69, 9.17) is 10.00 Å². The highest BCUT2D eigenvalue weighted by Crippen LogP contribution is 2.26. The molecule has 0 aliphatic carbocycles. The molecule has 1 rings (SSSR count). The van der Waals surface area contributed by atoms with Crippen molar-refractivity contribution in [3.8, 4) is 11.8 Å². The van der Waals surface area contributed by atoms with Gasteiger partial charge in [0.15, 0.2) is 0 Å². The zero-order valence-electron chi connectivity index (χ0n) is 11.7. The second-order valence-electron chi connectivity index (χ2n) is 4.63. The van der Waals surface area contributed by atoms with Crippen molar-refractivity contribution in [1.29, 1.82) is 5.26 Å². The van der Waals surface area contributed by atoms with Gasteiger partial charge in [-0.3, -0.25) is 4.79 Å². The van der Waals surface area contributed by atoms with Gasteiger partial charge < -0.3 is 15.0 Å². The van der Waals surface area contributed by atoms with Crippen LogP contribution in [0, 0.1) is 11.3 Å². The Kier molecular flexibility index (Phi) is 5.19. The molecule has 1 aromatic rings. The smallest absolute Gasteiger partial charge is 0.241 e. The number of benzene rings is 1. The van der Waals surface area contributed by atoms with Gasteiger partial charge in [0.25, 0.3) is 0 Å². The van der Waals surface area contributed by atoms with E-state index in [0.29, 0.717) is 17.0 Å². The van der Waals surface area contributed by atoms with Gasteiger partial charge in [-0.25, -0.2) is 0 Å². The normalized spacial score (nSPS) is 9.89. The number of hydrogen-bond donors (Lipinski definition) is 1. The molecule has 19 heavy (non-hydrogen) atoms. The maximum atomic E-state index is 11.6. The number of amides is 1. The molecule has 5 heteroatoms. The van der Waals surface area contributed by atoms with Crippen LogP contribution in [-0.4, -0.2) is 37.6 Å². The van der Waals surface area contributed by atoms with Gasteiger partial charge in [0.2, 0.25) is 5.91 Å². The number of carbonyl (C=O) groups is 1. The molecule has 0 saturated carbocycles. The van der Waals surface area contributed by atoms with E-state index in [1.807, 2.05) is 13.8 Å². The van der Waals surface area contributed by atoms with E-state index in [2.05, 4.69) is 11.4 Å². The van der Waals surface area contributed by atoms with Crippen molar-refractivity contribution in [3.63, 3.8) is 0 Å². The van der Waals surface area contributed by atoms with Gasteiger partial charge in [-0.05, 0) is 32.0 Å². The summed E-state index contributed by atoms with van der Waals surface area (Å²) >= 11 is 0. The molecule has 0 atom stereocenters. The van der Waals surface area contributed by atoms with Crippen molar-refractivity contribution in [2.24, 2.45) is 0 Å². The van der Waals surface area contributed by atoms with Crippen molar-refractivity contribution in [2.45, 2.75) is 20.0 Å². The van der Waals surface area contributed by atoms with E-state index in [0.717, 1.165) is 0 Å². The fourth-order valence-electron chi connectivity index (χ4n) is 1.42. The van der Waals surface area contributed by atoms with E-state index < -0.39 is 0 Å². The van der Waals surface area contributed by atoms with Gasteiger partial charge in [-0.2, -0.15) is 5.26 Å². The zero-order valence-corrected chi connectivity index (χ0v) is 11.7. The molecule has 0 spiro atoms. The Morgan fingerprint density at radius 2 is 2.16 bits per heavy atom. The first kappa shape index (κ1) is 14.8. The van der Waals surface area contributed by atoms with E-state index in [-0.39, 0.29) is 18.6 Å². The molecular weight excluding hydrogens is 242 g/mol. The Balaban J connectivity index is 2.89. The van der Waals surface area contributed by atoms with Crippen LogP contribution in [0.2, 0.25) is 0 Å². The molecule has 1 amide bonds. The number of likely N-dealkylation sites (N-methyl/N-ethyl adjacent to an activating group) is 1. The van der Waals surface area contributed by atoms with E-state index in [1.165, 1.54) is 4.90 Å². The van der Waals surface area contributed by atoms with Crippen molar-refractivity contribution in [2.75, 3.05) is 26.0 Å². The predicted octanol–water partition coefficient (Wildman–Crippen LogP) is 1.85. The third-order valence-corrected chi connectivity index (χ3v) is 2.40. The van der Waals surface area contributed by atoms with Crippen molar-refractivity contribution < 1.29 is 9.53 Å². The number of carbonyl (C=O) groups excluding carboxylic acids is 1. The largest absolute Gasteiger partial charge is 0.489 e. The highest BCUT2D eigenvalue weighted by atomic mass is 16.5. The molecular formula is C14H19N3O2. The molecule has 0 saturated heterocycles. The Bertz CT molecular complexity index is 490. The summed E-state index contributed by atoms with van der Waals surface area (Å²) in [6, 6.07) is 7.18.